The highest BCUT2D eigenvalue weighted by molar-refractivity contribution is 5.67. The molecule has 0 saturated carbocycles. The summed E-state index contributed by atoms with van der Waals surface area (Å²) in [5, 5.41) is 18.6. The molecule has 1 heterocycles. The maximum Gasteiger partial charge on any atom is 0.231 e. The van der Waals surface area contributed by atoms with Crippen LogP contribution in [0.4, 0.5) is 0 Å². The van der Waals surface area contributed by atoms with Gasteiger partial charge in [-0.15, -0.1) is 0 Å². The molecule has 0 radical (unpaired) electrons. The third kappa shape index (κ3) is 0.960. The molecular formula is C13H12O4. The molecule has 0 amide bonds. The van der Waals surface area contributed by atoms with Gasteiger partial charge in [-0.3, -0.25) is 0 Å². The standard InChI is InChI=1S/C13H12O4/c14-3-8-9(4-15)13-7-2-11-10(16-5-17-11)1-6(7)12(8)13/h1-2,12-15H,3-5H2/t12-,13?/m0/s1. The molecule has 4 nitrogen and oxygen atoms in total. The Balaban J connectivity index is 1.80. The highest BCUT2D eigenvalue weighted by atomic mass is 16.7. The Labute approximate surface area is 98.1 Å². The Morgan fingerprint density at radius 1 is 0.941 bits per heavy atom. The van der Waals surface area contributed by atoms with Crippen LogP contribution in [-0.4, -0.2) is 30.2 Å². The van der Waals surface area contributed by atoms with Crippen molar-refractivity contribution in [3.05, 3.63) is 34.4 Å². The summed E-state index contributed by atoms with van der Waals surface area (Å²) in [4.78, 5) is 0. The molecule has 4 rings (SSSR count). The summed E-state index contributed by atoms with van der Waals surface area (Å²) in [5.74, 6) is 2.15. The van der Waals surface area contributed by atoms with Gasteiger partial charge in [0.25, 0.3) is 0 Å². The summed E-state index contributed by atoms with van der Waals surface area (Å²) < 4.78 is 10.7. The lowest BCUT2D eigenvalue weighted by Crippen LogP contribution is -2.39. The first kappa shape index (κ1) is 9.50. The van der Waals surface area contributed by atoms with Crippen molar-refractivity contribution >= 4 is 0 Å². The number of hydrogen-bond donors (Lipinski definition) is 2. The zero-order valence-electron chi connectivity index (χ0n) is 9.14. The van der Waals surface area contributed by atoms with E-state index in [-0.39, 0.29) is 31.8 Å². The van der Waals surface area contributed by atoms with Gasteiger partial charge in [0.1, 0.15) is 0 Å². The highest BCUT2D eigenvalue weighted by Gasteiger charge is 2.51. The number of fused-ring (bicyclic) bond motifs is 5. The van der Waals surface area contributed by atoms with Crippen molar-refractivity contribution in [1.29, 1.82) is 0 Å². The first-order valence-corrected chi connectivity index (χ1v) is 5.72. The molecule has 17 heavy (non-hydrogen) atoms. The lowest BCUT2D eigenvalue weighted by atomic mass is 9.53. The van der Waals surface area contributed by atoms with E-state index < -0.39 is 0 Å². The molecular weight excluding hydrogens is 220 g/mol. The van der Waals surface area contributed by atoms with Crippen LogP contribution in [0.15, 0.2) is 23.3 Å². The normalized spacial score (nSPS) is 27.2. The van der Waals surface area contributed by atoms with Gasteiger partial charge in [0, 0.05) is 11.8 Å². The van der Waals surface area contributed by atoms with Gasteiger partial charge in [0.15, 0.2) is 11.5 Å². The molecule has 0 bridgehead atoms. The van der Waals surface area contributed by atoms with E-state index in [4.69, 9.17) is 9.47 Å². The molecule has 1 aliphatic heterocycles. The van der Waals surface area contributed by atoms with Crippen molar-refractivity contribution in [3.63, 3.8) is 0 Å². The second-order valence-electron chi connectivity index (χ2n) is 4.66. The van der Waals surface area contributed by atoms with Crippen LogP contribution in [0.5, 0.6) is 11.5 Å². The predicted molar refractivity (Wildman–Crippen MR) is 59.2 cm³/mol. The Hall–Kier alpha value is -1.52. The second kappa shape index (κ2) is 3.03. The predicted octanol–water partition coefficient (Wildman–Crippen LogP) is 0.891. The average Bonchev–Trinajstić information content (AvgIpc) is 2.75. The van der Waals surface area contributed by atoms with E-state index in [9.17, 15) is 10.2 Å². The quantitative estimate of drug-likeness (QED) is 0.743. The van der Waals surface area contributed by atoms with E-state index in [1.807, 2.05) is 12.1 Å². The van der Waals surface area contributed by atoms with Crippen LogP contribution >= 0.6 is 0 Å². The van der Waals surface area contributed by atoms with E-state index in [2.05, 4.69) is 0 Å². The molecule has 1 aromatic rings. The topological polar surface area (TPSA) is 58.9 Å². The van der Waals surface area contributed by atoms with Gasteiger partial charge >= 0.3 is 0 Å². The average molecular weight is 232 g/mol. The highest BCUT2D eigenvalue weighted by Crippen LogP contribution is 2.64. The molecule has 0 spiro atoms. The largest absolute Gasteiger partial charge is 0.454 e. The minimum absolute atomic E-state index is 0.0327. The maximum atomic E-state index is 9.30. The fraction of sp³-hybridized carbons (Fsp3) is 0.385. The summed E-state index contributed by atoms with van der Waals surface area (Å²) in [6, 6.07) is 4.01. The van der Waals surface area contributed by atoms with Crippen molar-refractivity contribution < 1.29 is 19.7 Å². The molecule has 2 aliphatic carbocycles. The Morgan fingerprint density at radius 2 is 1.41 bits per heavy atom. The molecule has 4 heteroatoms. The van der Waals surface area contributed by atoms with Crippen LogP contribution in [0.1, 0.15) is 23.0 Å². The number of hydrogen-bond acceptors (Lipinski definition) is 4. The number of aliphatic hydroxyl groups is 2. The van der Waals surface area contributed by atoms with Crippen LogP contribution in [0, 0.1) is 0 Å². The van der Waals surface area contributed by atoms with Crippen molar-refractivity contribution in [2.75, 3.05) is 20.0 Å². The van der Waals surface area contributed by atoms with Crippen molar-refractivity contribution in [3.8, 4) is 11.5 Å². The number of rotatable bonds is 2. The molecule has 2 atom stereocenters. The zero-order chi connectivity index (χ0) is 11.6. The van der Waals surface area contributed by atoms with Crippen LogP contribution in [-0.2, 0) is 0 Å². The third-order valence-corrected chi connectivity index (χ3v) is 4.09. The van der Waals surface area contributed by atoms with Crippen LogP contribution in [0.2, 0.25) is 0 Å². The number of aliphatic hydroxyl groups excluding tert-OH is 2. The van der Waals surface area contributed by atoms with Crippen molar-refractivity contribution in [2.45, 2.75) is 11.8 Å². The minimum atomic E-state index is 0.0327. The number of ether oxygens (including phenoxy) is 2. The fourth-order valence-corrected chi connectivity index (χ4v) is 3.26. The lowest BCUT2D eigenvalue weighted by molar-refractivity contribution is 0.174. The first-order valence-electron chi connectivity index (χ1n) is 5.72. The smallest absolute Gasteiger partial charge is 0.231 e. The Kier molecular flexibility index (Phi) is 1.69. The summed E-state index contributed by atoms with van der Waals surface area (Å²) in [6.45, 7) is 0.344. The lowest BCUT2D eigenvalue weighted by Gasteiger charge is -2.51. The molecule has 88 valence electrons. The number of benzene rings is 1. The Morgan fingerprint density at radius 3 is 1.82 bits per heavy atom. The van der Waals surface area contributed by atoms with E-state index >= 15 is 0 Å². The fourth-order valence-electron chi connectivity index (χ4n) is 3.26. The van der Waals surface area contributed by atoms with Gasteiger partial charge in [-0.2, -0.15) is 0 Å². The zero-order valence-corrected chi connectivity index (χ0v) is 9.14. The van der Waals surface area contributed by atoms with Crippen molar-refractivity contribution in [2.24, 2.45) is 0 Å². The van der Waals surface area contributed by atoms with Gasteiger partial charge in [-0.05, 0) is 34.4 Å². The summed E-state index contributed by atoms with van der Waals surface area (Å²) in [7, 11) is 0. The molecule has 0 saturated heterocycles. The molecule has 1 aromatic carbocycles. The summed E-state index contributed by atoms with van der Waals surface area (Å²) in [6.07, 6.45) is 0. The molecule has 0 fully saturated rings. The minimum Gasteiger partial charge on any atom is -0.454 e. The van der Waals surface area contributed by atoms with E-state index in [0.717, 1.165) is 22.6 Å². The summed E-state index contributed by atoms with van der Waals surface area (Å²) in [5.41, 5.74) is 4.37. The van der Waals surface area contributed by atoms with Gasteiger partial charge in [0.2, 0.25) is 6.79 Å². The van der Waals surface area contributed by atoms with E-state index in [0.29, 0.717) is 0 Å². The maximum absolute atomic E-state index is 9.30. The Bertz CT molecular complexity index is 500. The van der Waals surface area contributed by atoms with Gasteiger partial charge in [0.05, 0.1) is 13.2 Å². The van der Waals surface area contributed by atoms with Crippen LogP contribution in [0.3, 0.4) is 0 Å². The first-order chi connectivity index (χ1) is 8.35. The molecule has 1 unspecified atom stereocenters. The van der Waals surface area contributed by atoms with Gasteiger partial charge < -0.3 is 19.7 Å². The SMILES string of the molecule is OCC1=C(CO)[C@@H]2c3cc4c(cc3C12)OCO4. The second-order valence-corrected chi connectivity index (χ2v) is 4.66. The van der Waals surface area contributed by atoms with E-state index in [1.54, 1.807) is 0 Å². The van der Waals surface area contributed by atoms with Crippen LogP contribution < -0.4 is 9.47 Å². The van der Waals surface area contributed by atoms with Gasteiger partial charge in [-0.25, -0.2) is 0 Å². The van der Waals surface area contributed by atoms with E-state index in [1.165, 1.54) is 11.1 Å². The van der Waals surface area contributed by atoms with Crippen molar-refractivity contribution in [1.82, 2.24) is 0 Å². The van der Waals surface area contributed by atoms with Gasteiger partial charge in [-0.1, -0.05) is 0 Å². The molecule has 2 N–H and O–H groups in total. The third-order valence-electron chi connectivity index (χ3n) is 4.09. The summed E-state index contributed by atoms with van der Waals surface area (Å²) >= 11 is 0. The van der Waals surface area contributed by atoms with Crippen LogP contribution in [0.25, 0.3) is 0 Å². The molecule has 3 aliphatic rings. The molecule has 0 aromatic heterocycles. The monoisotopic (exact) mass is 232 g/mol.